The highest BCUT2D eigenvalue weighted by atomic mass is 19.1. The number of aromatic hydroxyl groups is 1. The molecule has 4 aromatic rings. The van der Waals surface area contributed by atoms with Crippen LogP contribution >= 0.6 is 0 Å². The maximum absolute atomic E-state index is 15.1. The lowest BCUT2D eigenvalue weighted by atomic mass is 10.0. The zero-order valence-electron chi connectivity index (χ0n) is 23.8. The van der Waals surface area contributed by atoms with Crippen molar-refractivity contribution in [1.29, 1.82) is 0 Å². The molecule has 0 bridgehead atoms. The summed E-state index contributed by atoms with van der Waals surface area (Å²) in [6.07, 6.45) is 2.93. The summed E-state index contributed by atoms with van der Waals surface area (Å²) < 4.78 is 16.6. The van der Waals surface area contributed by atoms with E-state index >= 15 is 4.39 Å². The highest BCUT2D eigenvalue weighted by Gasteiger charge is 2.30. The molecule has 41 heavy (non-hydrogen) atoms. The maximum atomic E-state index is 15.1. The van der Waals surface area contributed by atoms with Crippen LogP contribution in [-0.2, 0) is 11.2 Å². The molecule has 2 aromatic heterocycles. The number of phenols is 1. The number of anilines is 1. The molecule has 8 nitrogen and oxygen atoms in total. The van der Waals surface area contributed by atoms with Crippen molar-refractivity contribution in [2.24, 2.45) is 0 Å². The minimum absolute atomic E-state index is 0.0206. The van der Waals surface area contributed by atoms with Crippen molar-refractivity contribution in [1.82, 2.24) is 19.4 Å². The number of carbonyl (C=O) groups is 1. The largest absolute Gasteiger partial charge is 0.507 e. The van der Waals surface area contributed by atoms with Crippen LogP contribution in [-0.4, -0.2) is 56.1 Å². The van der Waals surface area contributed by atoms with Gasteiger partial charge in [-0.05, 0) is 68.2 Å². The molecule has 0 aliphatic carbocycles. The Bertz CT molecular complexity index is 1710. The number of fused-ring (bicyclic) bond motifs is 1. The standard InChI is InChI=1S/C32H34FN5O3/c1-6-10-22-12-8-11-19(3)29(22)38-31-23(17-20(4)28(34-31)27-24(33)13-9-14-25(27)39)30(35-32(38)41)37-16-15-36(18-21(37)5)26(40)7-2/h7-9,11-14,17,21,39H,2,6,10,15-16,18H2,1,3-5H3/t21-/m0/s1. The fourth-order valence-corrected chi connectivity index (χ4v) is 5.76. The average Bonchev–Trinajstić information content (AvgIpc) is 2.94. The fraction of sp³-hybridized carbons (Fsp3) is 0.312. The van der Waals surface area contributed by atoms with Crippen LogP contribution in [0.4, 0.5) is 10.2 Å². The molecule has 0 saturated carbocycles. The Balaban J connectivity index is 1.82. The predicted molar refractivity (Wildman–Crippen MR) is 159 cm³/mol. The summed E-state index contributed by atoms with van der Waals surface area (Å²) in [5, 5.41) is 11.2. The van der Waals surface area contributed by atoms with E-state index in [1.165, 1.54) is 28.8 Å². The van der Waals surface area contributed by atoms with Gasteiger partial charge in [0.1, 0.15) is 17.4 Å². The number of pyridine rings is 1. The number of hydrogen-bond acceptors (Lipinski definition) is 6. The number of aromatic nitrogens is 3. The van der Waals surface area contributed by atoms with Crippen LogP contribution in [0, 0.1) is 19.7 Å². The monoisotopic (exact) mass is 555 g/mol. The van der Waals surface area contributed by atoms with Crippen molar-refractivity contribution in [3.63, 3.8) is 0 Å². The smallest absolute Gasteiger partial charge is 0.355 e. The summed E-state index contributed by atoms with van der Waals surface area (Å²) in [4.78, 5) is 39.5. The Labute approximate surface area is 238 Å². The van der Waals surface area contributed by atoms with Gasteiger partial charge in [-0.2, -0.15) is 4.98 Å². The first-order chi connectivity index (χ1) is 19.7. The Morgan fingerprint density at radius 3 is 2.59 bits per heavy atom. The van der Waals surface area contributed by atoms with Gasteiger partial charge in [0.25, 0.3) is 0 Å². The number of amides is 1. The number of piperazine rings is 1. The molecule has 1 aliphatic heterocycles. The van der Waals surface area contributed by atoms with E-state index in [1.807, 2.05) is 43.0 Å². The van der Waals surface area contributed by atoms with Crippen LogP contribution in [0.25, 0.3) is 28.0 Å². The minimum atomic E-state index is -0.609. The highest BCUT2D eigenvalue weighted by molar-refractivity contribution is 5.92. The van der Waals surface area contributed by atoms with Crippen molar-refractivity contribution in [3.8, 4) is 22.7 Å². The number of phenolic OH excluding ortho intramolecular Hbond substituents is 1. The maximum Gasteiger partial charge on any atom is 0.355 e. The second-order valence-corrected chi connectivity index (χ2v) is 10.6. The Morgan fingerprint density at radius 1 is 1.15 bits per heavy atom. The molecule has 0 spiro atoms. The second-order valence-electron chi connectivity index (χ2n) is 10.6. The van der Waals surface area contributed by atoms with Crippen LogP contribution < -0.4 is 10.6 Å². The van der Waals surface area contributed by atoms with Crippen molar-refractivity contribution in [3.05, 3.63) is 88.1 Å². The van der Waals surface area contributed by atoms with Crippen LogP contribution in [0.3, 0.4) is 0 Å². The van der Waals surface area contributed by atoms with Crippen molar-refractivity contribution < 1.29 is 14.3 Å². The summed E-state index contributed by atoms with van der Waals surface area (Å²) in [7, 11) is 0. The van der Waals surface area contributed by atoms with Gasteiger partial charge in [-0.3, -0.25) is 4.79 Å². The number of carbonyl (C=O) groups excluding carboxylic acids is 1. The van der Waals surface area contributed by atoms with E-state index in [-0.39, 0.29) is 29.0 Å². The van der Waals surface area contributed by atoms with E-state index in [4.69, 9.17) is 4.98 Å². The van der Waals surface area contributed by atoms with Crippen molar-refractivity contribution >= 4 is 22.8 Å². The summed E-state index contributed by atoms with van der Waals surface area (Å²) >= 11 is 0. The number of halogens is 1. The van der Waals surface area contributed by atoms with Gasteiger partial charge < -0.3 is 14.9 Å². The normalized spacial score (nSPS) is 15.4. The van der Waals surface area contributed by atoms with E-state index in [1.54, 1.807) is 11.8 Å². The number of hydrogen-bond donors (Lipinski definition) is 1. The molecule has 0 radical (unpaired) electrons. The third-order valence-corrected chi connectivity index (χ3v) is 7.72. The van der Waals surface area contributed by atoms with Gasteiger partial charge in [0.2, 0.25) is 5.91 Å². The lowest BCUT2D eigenvalue weighted by molar-refractivity contribution is -0.126. The number of nitrogens with zero attached hydrogens (tertiary/aromatic N) is 5. The Hall–Kier alpha value is -4.53. The Kier molecular flexibility index (Phi) is 7.62. The number of para-hydroxylation sites is 1. The van der Waals surface area contributed by atoms with Gasteiger partial charge in [-0.25, -0.2) is 18.7 Å². The summed E-state index contributed by atoms with van der Waals surface area (Å²) in [5.41, 5.74) is 3.24. The van der Waals surface area contributed by atoms with Gasteiger partial charge in [0, 0.05) is 25.7 Å². The lowest BCUT2D eigenvalue weighted by Gasteiger charge is -2.40. The molecule has 2 aromatic carbocycles. The van der Waals surface area contributed by atoms with E-state index in [9.17, 15) is 14.7 Å². The number of benzene rings is 2. The molecular weight excluding hydrogens is 521 g/mol. The molecule has 9 heteroatoms. The number of rotatable bonds is 6. The highest BCUT2D eigenvalue weighted by Crippen LogP contribution is 2.37. The van der Waals surface area contributed by atoms with Crippen LogP contribution in [0.1, 0.15) is 37.0 Å². The molecule has 3 heterocycles. The van der Waals surface area contributed by atoms with E-state index < -0.39 is 11.5 Å². The van der Waals surface area contributed by atoms with Gasteiger partial charge in [0.05, 0.1) is 22.3 Å². The Morgan fingerprint density at radius 2 is 1.90 bits per heavy atom. The van der Waals surface area contributed by atoms with Gasteiger partial charge in [0.15, 0.2) is 5.65 Å². The van der Waals surface area contributed by atoms with Crippen molar-refractivity contribution in [2.75, 3.05) is 24.5 Å². The summed E-state index contributed by atoms with van der Waals surface area (Å²) in [6.45, 7) is 12.8. The predicted octanol–water partition coefficient (Wildman–Crippen LogP) is 5.08. The van der Waals surface area contributed by atoms with Gasteiger partial charge >= 0.3 is 5.69 Å². The zero-order chi connectivity index (χ0) is 29.4. The number of aryl methyl sites for hydroxylation is 3. The molecule has 1 saturated heterocycles. The molecule has 212 valence electrons. The van der Waals surface area contributed by atoms with E-state index in [2.05, 4.69) is 18.5 Å². The molecule has 1 amide bonds. The zero-order valence-corrected chi connectivity index (χ0v) is 23.8. The summed E-state index contributed by atoms with van der Waals surface area (Å²) in [5.74, 6) is -0.519. The first kappa shape index (κ1) is 28.0. The lowest BCUT2D eigenvalue weighted by Crippen LogP contribution is -2.54. The SMILES string of the molecule is C=CC(=O)N1CCN(c2nc(=O)n(-c3c(C)cccc3CCC)c3nc(-c4c(O)cccc4F)c(C)cc23)[C@@H](C)C1. The molecule has 1 fully saturated rings. The fourth-order valence-electron chi connectivity index (χ4n) is 5.76. The quantitative estimate of drug-likeness (QED) is 0.334. The first-order valence-electron chi connectivity index (χ1n) is 13.8. The van der Waals surface area contributed by atoms with Crippen LogP contribution in [0.5, 0.6) is 5.75 Å². The van der Waals surface area contributed by atoms with Crippen molar-refractivity contribution in [2.45, 2.75) is 46.6 Å². The molecule has 5 rings (SSSR count). The van der Waals surface area contributed by atoms with Crippen LogP contribution in [0.15, 0.2) is 59.9 Å². The molecule has 1 N–H and O–H groups in total. The molecule has 1 atom stereocenters. The van der Waals surface area contributed by atoms with Crippen LogP contribution in [0.2, 0.25) is 0 Å². The van der Waals surface area contributed by atoms with E-state index in [0.717, 1.165) is 24.0 Å². The topological polar surface area (TPSA) is 91.6 Å². The first-order valence-corrected chi connectivity index (χ1v) is 13.8. The average molecular weight is 556 g/mol. The third kappa shape index (κ3) is 4.96. The molecule has 1 aliphatic rings. The second kappa shape index (κ2) is 11.2. The third-order valence-electron chi connectivity index (χ3n) is 7.72. The molecule has 0 unspecified atom stereocenters. The summed E-state index contributed by atoms with van der Waals surface area (Å²) in [6, 6.07) is 11.7. The van der Waals surface area contributed by atoms with E-state index in [0.29, 0.717) is 47.7 Å². The van der Waals surface area contributed by atoms with Gasteiger partial charge in [-0.15, -0.1) is 0 Å². The van der Waals surface area contributed by atoms with Gasteiger partial charge in [-0.1, -0.05) is 44.2 Å². The molecular formula is C32H34FN5O3. The minimum Gasteiger partial charge on any atom is -0.507 e.